The number of halogens is 1. The van der Waals surface area contributed by atoms with Crippen LogP contribution in [0.25, 0.3) is 11.3 Å². The van der Waals surface area contributed by atoms with Crippen molar-refractivity contribution in [2.24, 2.45) is 0 Å². The van der Waals surface area contributed by atoms with Gasteiger partial charge in [0, 0.05) is 31.0 Å². The van der Waals surface area contributed by atoms with Crippen molar-refractivity contribution in [3.8, 4) is 28.6 Å². The van der Waals surface area contributed by atoms with E-state index in [2.05, 4.69) is 5.32 Å². The molecule has 6 nitrogen and oxygen atoms in total. The van der Waals surface area contributed by atoms with Gasteiger partial charge in [-0.2, -0.15) is 0 Å². The van der Waals surface area contributed by atoms with Crippen LogP contribution in [0.15, 0.2) is 52.9 Å². The molecule has 0 spiro atoms. The number of rotatable bonds is 9. The maximum Gasteiger partial charge on any atom is 0.220 e. The Morgan fingerprint density at radius 3 is 2.37 bits per heavy atom. The number of aryl methyl sites for hydroxylation is 1. The van der Waals surface area contributed by atoms with E-state index in [1.165, 1.54) is 6.07 Å². The number of hydrogen-bond acceptors (Lipinski definition) is 5. The Hall–Kier alpha value is -3.48. The van der Waals surface area contributed by atoms with Crippen molar-refractivity contribution in [2.75, 3.05) is 21.3 Å². The van der Waals surface area contributed by atoms with Gasteiger partial charge in [0.05, 0.1) is 26.9 Å². The summed E-state index contributed by atoms with van der Waals surface area (Å²) in [6.07, 6.45) is 0.642. The van der Waals surface area contributed by atoms with Gasteiger partial charge in [-0.25, -0.2) is 4.39 Å². The maximum absolute atomic E-state index is 13.9. The molecule has 2 aromatic carbocycles. The number of nitrogens with one attached hydrogen (secondary N) is 1. The summed E-state index contributed by atoms with van der Waals surface area (Å²) < 4.78 is 35.5. The molecular formula is C23H24FNO5. The number of ether oxygens (including phenoxy) is 3. The lowest BCUT2D eigenvalue weighted by atomic mass is 10.1. The van der Waals surface area contributed by atoms with Gasteiger partial charge in [0.1, 0.15) is 23.1 Å². The molecule has 0 atom stereocenters. The third-order valence-electron chi connectivity index (χ3n) is 4.66. The molecule has 158 valence electrons. The fourth-order valence-electron chi connectivity index (χ4n) is 3.07. The molecule has 0 fully saturated rings. The second kappa shape index (κ2) is 9.82. The van der Waals surface area contributed by atoms with Gasteiger partial charge in [-0.05, 0) is 30.3 Å². The van der Waals surface area contributed by atoms with Crippen molar-refractivity contribution < 1.29 is 27.8 Å². The van der Waals surface area contributed by atoms with Gasteiger partial charge in [0.2, 0.25) is 5.91 Å². The van der Waals surface area contributed by atoms with Crippen LogP contribution < -0.4 is 19.5 Å². The molecule has 0 bridgehead atoms. The molecule has 0 aliphatic carbocycles. The lowest BCUT2D eigenvalue weighted by Gasteiger charge is -2.14. The van der Waals surface area contributed by atoms with Gasteiger partial charge in [-0.15, -0.1) is 0 Å². The minimum Gasteiger partial charge on any atom is -0.496 e. The lowest BCUT2D eigenvalue weighted by Crippen LogP contribution is -2.23. The van der Waals surface area contributed by atoms with E-state index >= 15 is 0 Å². The molecule has 0 radical (unpaired) electrons. The monoisotopic (exact) mass is 413 g/mol. The van der Waals surface area contributed by atoms with Crippen LogP contribution in [-0.2, 0) is 17.8 Å². The molecule has 1 amide bonds. The Bertz CT molecular complexity index is 1010. The highest BCUT2D eigenvalue weighted by molar-refractivity contribution is 5.76. The molecule has 1 N–H and O–H groups in total. The smallest absolute Gasteiger partial charge is 0.220 e. The van der Waals surface area contributed by atoms with Gasteiger partial charge in [-0.1, -0.05) is 12.1 Å². The topological polar surface area (TPSA) is 69.9 Å². The summed E-state index contributed by atoms with van der Waals surface area (Å²) in [6.45, 7) is 0.279. The summed E-state index contributed by atoms with van der Waals surface area (Å²) in [6, 6.07) is 13.4. The van der Waals surface area contributed by atoms with E-state index in [0.29, 0.717) is 40.8 Å². The standard InChI is InChI=1S/C23H24FNO5/c1-27-20-13-22(29-3)21(28-2)12-15(20)14-25-23(26)11-9-16-8-10-19(30-16)17-6-4-5-7-18(17)24/h4-8,10,12-13H,9,11,14H2,1-3H3,(H,25,26). The van der Waals surface area contributed by atoms with Crippen molar-refractivity contribution in [3.05, 3.63) is 65.7 Å². The molecular weight excluding hydrogens is 389 g/mol. The van der Waals surface area contributed by atoms with Gasteiger partial charge in [-0.3, -0.25) is 4.79 Å². The number of carbonyl (C=O) groups is 1. The third-order valence-corrected chi connectivity index (χ3v) is 4.66. The Morgan fingerprint density at radius 2 is 1.67 bits per heavy atom. The van der Waals surface area contributed by atoms with E-state index in [0.717, 1.165) is 5.56 Å². The summed E-state index contributed by atoms with van der Waals surface area (Å²) in [4.78, 5) is 12.3. The Labute approximate surface area is 174 Å². The summed E-state index contributed by atoms with van der Waals surface area (Å²) in [5.41, 5.74) is 1.16. The molecule has 7 heteroatoms. The molecule has 0 aliphatic heterocycles. The van der Waals surface area contributed by atoms with E-state index in [4.69, 9.17) is 18.6 Å². The molecule has 0 aliphatic rings. The first kappa shape index (κ1) is 21.2. The molecule has 1 heterocycles. The van der Waals surface area contributed by atoms with Crippen molar-refractivity contribution in [1.82, 2.24) is 5.32 Å². The van der Waals surface area contributed by atoms with E-state index in [1.54, 1.807) is 63.8 Å². The van der Waals surface area contributed by atoms with Crippen LogP contribution in [0.3, 0.4) is 0 Å². The quantitative estimate of drug-likeness (QED) is 0.564. The zero-order chi connectivity index (χ0) is 21.5. The first-order chi connectivity index (χ1) is 14.5. The minimum absolute atomic E-state index is 0.143. The number of benzene rings is 2. The first-order valence-electron chi connectivity index (χ1n) is 9.45. The first-order valence-corrected chi connectivity index (χ1v) is 9.45. The van der Waals surface area contributed by atoms with Gasteiger partial charge in [0.15, 0.2) is 11.5 Å². The number of amides is 1. The fourth-order valence-corrected chi connectivity index (χ4v) is 3.07. The van der Waals surface area contributed by atoms with Crippen LogP contribution in [0.5, 0.6) is 17.2 Å². The van der Waals surface area contributed by atoms with Gasteiger partial charge >= 0.3 is 0 Å². The maximum atomic E-state index is 13.9. The highest BCUT2D eigenvalue weighted by Gasteiger charge is 2.14. The predicted molar refractivity (Wildman–Crippen MR) is 110 cm³/mol. The zero-order valence-corrected chi connectivity index (χ0v) is 17.2. The highest BCUT2D eigenvalue weighted by atomic mass is 19.1. The van der Waals surface area contributed by atoms with Crippen LogP contribution in [0, 0.1) is 5.82 Å². The lowest BCUT2D eigenvalue weighted by molar-refractivity contribution is -0.121. The summed E-state index contributed by atoms with van der Waals surface area (Å²) >= 11 is 0. The average Bonchev–Trinajstić information content (AvgIpc) is 3.24. The Kier molecular flexibility index (Phi) is 6.95. The van der Waals surface area contributed by atoms with E-state index in [-0.39, 0.29) is 24.7 Å². The van der Waals surface area contributed by atoms with Gasteiger partial charge < -0.3 is 23.9 Å². The molecule has 30 heavy (non-hydrogen) atoms. The molecule has 3 rings (SSSR count). The third kappa shape index (κ3) is 4.92. The number of methoxy groups -OCH3 is 3. The fraction of sp³-hybridized carbons (Fsp3) is 0.261. The molecule has 0 saturated heterocycles. The largest absolute Gasteiger partial charge is 0.496 e. The second-order valence-electron chi connectivity index (χ2n) is 6.54. The highest BCUT2D eigenvalue weighted by Crippen LogP contribution is 2.34. The van der Waals surface area contributed by atoms with Crippen LogP contribution in [0.2, 0.25) is 0 Å². The predicted octanol–water partition coefficient (Wildman–Crippen LogP) is 4.36. The molecule has 0 unspecified atom stereocenters. The van der Waals surface area contributed by atoms with Crippen molar-refractivity contribution >= 4 is 5.91 Å². The SMILES string of the molecule is COc1cc(OC)c(OC)cc1CNC(=O)CCc1ccc(-c2ccccc2F)o1. The normalized spacial score (nSPS) is 10.5. The van der Waals surface area contributed by atoms with Crippen LogP contribution >= 0.6 is 0 Å². The van der Waals surface area contributed by atoms with Crippen LogP contribution in [0.4, 0.5) is 4.39 Å². The Balaban J connectivity index is 1.58. The average molecular weight is 413 g/mol. The van der Waals surface area contributed by atoms with E-state index < -0.39 is 0 Å². The second-order valence-corrected chi connectivity index (χ2v) is 6.54. The molecule has 0 saturated carbocycles. The van der Waals surface area contributed by atoms with Gasteiger partial charge in [0.25, 0.3) is 0 Å². The summed E-state index contributed by atoms with van der Waals surface area (Å²) in [5.74, 6) is 2.27. The zero-order valence-electron chi connectivity index (χ0n) is 17.2. The van der Waals surface area contributed by atoms with Crippen molar-refractivity contribution in [1.29, 1.82) is 0 Å². The number of hydrogen-bond donors (Lipinski definition) is 1. The molecule has 3 aromatic rings. The van der Waals surface area contributed by atoms with Crippen LogP contribution in [0.1, 0.15) is 17.7 Å². The van der Waals surface area contributed by atoms with Crippen LogP contribution in [-0.4, -0.2) is 27.2 Å². The van der Waals surface area contributed by atoms with E-state index in [9.17, 15) is 9.18 Å². The molecule has 1 aromatic heterocycles. The summed E-state index contributed by atoms with van der Waals surface area (Å²) in [5, 5.41) is 2.86. The Morgan fingerprint density at radius 1 is 0.967 bits per heavy atom. The van der Waals surface area contributed by atoms with E-state index in [1.807, 2.05) is 0 Å². The van der Waals surface area contributed by atoms with Crippen molar-refractivity contribution in [3.63, 3.8) is 0 Å². The van der Waals surface area contributed by atoms with Crippen molar-refractivity contribution in [2.45, 2.75) is 19.4 Å². The number of furan rings is 1. The summed E-state index contributed by atoms with van der Waals surface area (Å²) in [7, 11) is 4.65. The minimum atomic E-state index is -0.347. The number of carbonyl (C=O) groups excluding carboxylic acids is 1.